The zero-order valence-corrected chi connectivity index (χ0v) is 11.8. The van der Waals surface area contributed by atoms with Crippen LogP contribution in [0, 0.1) is 0 Å². The summed E-state index contributed by atoms with van der Waals surface area (Å²) in [5, 5.41) is 12.5. The highest BCUT2D eigenvalue weighted by Crippen LogP contribution is 2.20. The molecule has 0 fully saturated rings. The van der Waals surface area contributed by atoms with Crippen molar-refractivity contribution >= 4 is 34.1 Å². The molecule has 0 radical (unpaired) electrons. The van der Waals surface area contributed by atoms with E-state index in [0.29, 0.717) is 23.7 Å². The van der Waals surface area contributed by atoms with Gasteiger partial charge in [-0.1, -0.05) is 18.5 Å². The van der Waals surface area contributed by atoms with Gasteiger partial charge in [-0.05, 0) is 24.6 Å². The van der Waals surface area contributed by atoms with Crippen molar-refractivity contribution < 1.29 is 14.1 Å². The molecule has 1 aromatic rings. The smallest absolute Gasteiger partial charge is 0.337 e. The molecule has 100 valence electrons. The predicted molar refractivity (Wildman–Crippen MR) is 75.0 cm³/mol. The molecule has 0 spiro atoms. The Morgan fingerprint density at radius 1 is 1.56 bits per heavy atom. The van der Waals surface area contributed by atoms with E-state index in [0.717, 1.165) is 0 Å². The molecule has 0 aliphatic rings. The Labute approximate surface area is 114 Å². The SMILES string of the molecule is CC(CCNc1ccc(Cl)cc1C(=O)O)S(C)=O. The molecule has 2 N–H and O–H groups in total. The molecule has 6 heteroatoms. The first-order chi connectivity index (χ1) is 8.41. The summed E-state index contributed by atoms with van der Waals surface area (Å²) in [4.78, 5) is 11.0. The fourth-order valence-electron chi connectivity index (χ4n) is 1.42. The molecule has 0 aromatic heterocycles. The average Bonchev–Trinajstić information content (AvgIpc) is 2.30. The monoisotopic (exact) mass is 289 g/mol. The normalized spacial score (nSPS) is 13.9. The zero-order chi connectivity index (χ0) is 13.7. The van der Waals surface area contributed by atoms with Gasteiger partial charge in [0.25, 0.3) is 0 Å². The molecule has 1 rings (SSSR count). The minimum absolute atomic E-state index is 0.0816. The molecular weight excluding hydrogens is 274 g/mol. The van der Waals surface area contributed by atoms with Gasteiger partial charge < -0.3 is 10.4 Å². The first-order valence-corrected chi connectivity index (χ1v) is 7.50. The molecule has 0 aliphatic carbocycles. The molecule has 2 unspecified atom stereocenters. The Bertz CT molecular complexity index is 465. The van der Waals surface area contributed by atoms with Crippen molar-refractivity contribution in [2.75, 3.05) is 18.1 Å². The third-order valence-electron chi connectivity index (χ3n) is 2.64. The standard InChI is InChI=1S/C12H16ClNO3S/c1-8(18(2)17)5-6-14-11-4-3-9(13)7-10(11)12(15)16/h3-4,7-8,14H,5-6H2,1-2H3,(H,15,16). The number of carboxylic acid groups (broad SMARTS) is 1. The second kappa shape index (κ2) is 6.75. The number of hydrogen-bond donors (Lipinski definition) is 2. The topological polar surface area (TPSA) is 66.4 Å². The van der Waals surface area contributed by atoms with E-state index in [1.165, 1.54) is 6.07 Å². The summed E-state index contributed by atoms with van der Waals surface area (Å²) < 4.78 is 11.2. The summed E-state index contributed by atoms with van der Waals surface area (Å²) in [7, 11) is -0.863. The van der Waals surface area contributed by atoms with Gasteiger partial charge in [-0.3, -0.25) is 4.21 Å². The molecule has 4 nitrogen and oxygen atoms in total. The van der Waals surface area contributed by atoms with E-state index in [4.69, 9.17) is 16.7 Å². The fourth-order valence-corrected chi connectivity index (χ4v) is 2.05. The molecule has 0 amide bonds. The molecule has 0 saturated heterocycles. The molecule has 0 heterocycles. The maximum Gasteiger partial charge on any atom is 0.337 e. The van der Waals surface area contributed by atoms with E-state index >= 15 is 0 Å². The number of carboxylic acids is 1. The van der Waals surface area contributed by atoms with Crippen LogP contribution in [0.5, 0.6) is 0 Å². The number of benzene rings is 1. The van der Waals surface area contributed by atoms with E-state index in [9.17, 15) is 9.00 Å². The largest absolute Gasteiger partial charge is 0.478 e. The second-order valence-electron chi connectivity index (χ2n) is 4.02. The number of rotatable bonds is 6. The number of anilines is 1. The van der Waals surface area contributed by atoms with Crippen LogP contribution >= 0.6 is 11.6 Å². The molecule has 2 atom stereocenters. The highest BCUT2D eigenvalue weighted by atomic mass is 35.5. The minimum Gasteiger partial charge on any atom is -0.478 e. The van der Waals surface area contributed by atoms with Crippen molar-refractivity contribution in [3.8, 4) is 0 Å². The zero-order valence-electron chi connectivity index (χ0n) is 10.3. The lowest BCUT2D eigenvalue weighted by Crippen LogP contribution is -2.16. The fraction of sp³-hybridized carbons (Fsp3) is 0.417. The number of carbonyl (C=O) groups is 1. The van der Waals surface area contributed by atoms with Crippen molar-refractivity contribution in [2.45, 2.75) is 18.6 Å². The van der Waals surface area contributed by atoms with Gasteiger partial charge in [0.2, 0.25) is 0 Å². The van der Waals surface area contributed by atoms with Gasteiger partial charge in [0, 0.05) is 39.6 Å². The van der Waals surface area contributed by atoms with Gasteiger partial charge >= 0.3 is 5.97 Å². The second-order valence-corrected chi connectivity index (χ2v) is 6.26. The van der Waals surface area contributed by atoms with Crippen molar-refractivity contribution in [2.24, 2.45) is 0 Å². The van der Waals surface area contributed by atoms with Crippen molar-refractivity contribution in [3.05, 3.63) is 28.8 Å². The minimum atomic E-state index is -1.02. The third-order valence-corrected chi connectivity index (χ3v) is 4.25. The Hall–Kier alpha value is -1.07. The van der Waals surface area contributed by atoms with Crippen LogP contribution in [0.4, 0.5) is 5.69 Å². The van der Waals surface area contributed by atoms with Gasteiger partial charge in [0.05, 0.1) is 5.56 Å². The maximum atomic E-state index is 11.2. The number of nitrogens with one attached hydrogen (secondary N) is 1. The van der Waals surface area contributed by atoms with Crippen LogP contribution < -0.4 is 5.32 Å². The van der Waals surface area contributed by atoms with Crippen LogP contribution in [0.25, 0.3) is 0 Å². The van der Waals surface area contributed by atoms with Gasteiger partial charge in [-0.2, -0.15) is 0 Å². The van der Waals surface area contributed by atoms with Gasteiger partial charge in [0.15, 0.2) is 0 Å². The molecule has 0 bridgehead atoms. The third kappa shape index (κ3) is 4.31. The summed E-state index contributed by atoms with van der Waals surface area (Å²) in [5.74, 6) is -1.02. The van der Waals surface area contributed by atoms with Crippen LogP contribution in [0.2, 0.25) is 5.02 Å². The van der Waals surface area contributed by atoms with Crippen LogP contribution in [-0.2, 0) is 10.8 Å². The predicted octanol–water partition coefficient (Wildman–Crippen LogP) is 2.61. The van der Waals surface area contributed by atoms with E-state index in [2.05, 4.69) is 5.32 Å². The van der Waals surface area contributed by atoms with Crippen LogP contribution in [0.15, 0.2) is 18.2 Å². The van der Waals surface area contributed by atoms with Crippen LogP contribution in [0.1, 0.15) is 23.7 Å². The lowest BCUT2D eigenvalue weighted by molar-refractivity contribution is 0.0698. The Balaban J connectivity index is 2.67. The maximum absolute atomic E-state index is 11.2. The average molecular weight is 290 g/mol. The molecule has 18 heavy (non-hydrogen) atoms. The van der Waals surface area contributed by atoms with E-state index < -0.39 is 16.8 Å². The van der Waals surface area contributed by atoms with E-state index in [-0.39, 0.29) is 10.8 Å². The van der Waals surface area contributed by atoms with Crippen molar-refractivity contribution in [1.82, 2.24) is 0 Å². The van der Waals surface area contributed by atoms with Gasteiger partial charge in [-0.25, -0.2) is 4.79 Å². The van der Waals surface area contributed by atoms with Gasteiger partial charge in [-0.15, -0.1) is 0 Å². The van der Waals surface area contributed by atoms with Crippen molar-refractivity contribution in [3.63, 3.8) is 0 Å². The Morgan fingerprint density at radius 3 is 2.78 bits per heavy atom. The lowest BCUT2D eigenvalue weighted by Gasteiger charge is -2.12. The van der Waals surface area contributed by atoms with Gasteiger partial charge in [0.1, 0.15) is 0 Å². The molecule has 1 aromatic carbocycles. The highest BCUT2D eigenvalue weighted by Gasteiger charge is 2.11. The summed E-state index contributed by atoms with van der Waals surface area (Å²) in [6, 6.07) is 4.69. The van der Waals surface area contributed by atoms with E-state index in [1.54, 1.807) is 18.4 Å². The number of hydrogen-bond acceptors (Lipinski definition) is 3. The van der Waals surface area contributed by atoms with E-state index in [1.807, 2.05) is 6.92 Å². The van der Waals surface area contributed by atoms with Crippen molar-refractivity contribution in [1.29, 1.82) is 0 Å². The van der Waals surface area contributed by atoms with Crippen LogP contribution in [-0.4, -0.2) is 33.3 Å². The summed E-state index contributed by atoms with van der Waals surface area (Å²) in [5.41, 5.74) is 0.675. The summed E-state index contributed by atoms with van der Waals surface area (Å²) in [6.07, 6.45) is 2.38. The lowest BCUT2D eigenvalue weighted by atomic mass is 10.1. The summed E-state index contributed by atoms with van der Waals surface area (Å²) in [6.45, 7) is 2.47. The van der Waals surface area contributed by atoms with Crippen LogP contribution in [0.3, 0.4) is 0 Å². The number of aromatic carboxylic acids is 1. The summed E-state index contributed by atoms with van der Waals surface area (Å²) >= 11 is 5.76. The molecular formula is C12H16ClNO3S. The Morgan fingerprint density at radius 2 is 2.22 bits per heavy atom. The highest BCUT2D eigenvalue weighted by molar-refractivity contribution is 7.84. The first kappa shape index (κ1) is 15.0. The quantitative estimate of drug-likeness (QED) is 0.845. The molecule has 0 saturated carbocycles. The Kier molecular flexibility index (Phi) is 5.62. The number of halogens is 1. The molecule has 0 aliphatic heterocycles. The first-order valence-electron chi connectivity index (χ1n) is 5.50.